The Morgan fingerprint density at radius 1 is 1.58 bits per heavy atom. The quantitative estimate of drug-likeness (QED) is 0.803. The second-order valence-corrected chi connectivity index (χ2v) is 6.42. The molecule has 2 unspecified atom stereocenters. The van der Waals surface area contributed by atoms with Crippen molar-refractivity contribution in [1.82, 2.24) is 14.8 Å². The number of rotatable bonds is 3. The van der Waals surface area contributed by atoms with Gasteiger partial charge in [0.25, 0.3) is 0 Å². The minimum Gasteiger partial charge on any atom is -0.337 e. The maximum atomic E-state index is 11.7. The average molecular weight is 300 g/mol. The van der Waals surface area contributed by atoms with Gasteiger partial charge in [-0.25, -0.2) is 4.98 Å². The van der Waals surface area contributed by atoms with E-state index in [0.717, 1.165) is 43.2 Å². The van der Waals surface area contributed by atoms with Crippen LogP contribution in [0, 0.1) is 0 Å². The zero-order valence-electron chi connectivity index (χ0n) is 11.0. The Morgan fingerprint density at radius 2 is 2.42 bits per heavy atom. The number of aromatic nitrogens is 1. The van der Waals surface area contributed by atoms with Crippen LogP contribution in [-0.2, 0) is 10.7 Å². The standard InChI is InChI=1S/C13H18ClN3OS/c1-9(13-15-10(6-14)8-19-13)16-4-5-17-11(7-16)2-3-12(17)18/h8-9,11H,2-7H2,1H3. The van der Waals surface area contributed by atoms with E-state index in [1.807, 2.05) is 5.38 Å². The van der Waals surface area contributed by atoms with E-state index in [2.05, 4.69) is 21.7 Å². The normalized spacial score (nSPS) is 25.7. The number of fused-ring (bicyclic) bond motifs is 1. The number of halogens is 1. The predicted molar refractivity (Wildman–Crippen MR) is 76.4 cm³/mol. The molecule has 4 nitrogen and oxygen atoms in total. The van der Waals surface area contributed by atoms with Gasteiger partial charge in [0.1, 0.15) is 5.01 Å². The molecule has 3 rings (SSSR count). The van der Waals surface area contributed by atoms with Gasteiger partial charge in [0.05, 0.1) is 17.6 Å². The molecule has 104 valence electrons. The Hall–Kier alpha value is -0.650. The molecule has 2 aliphatic rings. The molecule has 0 saturated carbocycles. The van der Waals surface area contributed by atoms with Crippen molar-refractivity contribution in [2.24, 2.45) is 0 Å². The van der Waals surface area contributed by atoms with Gasteiger partial charge in [-0.3, -0.25) is 9.69 Å². The molecular weight excluding hydrogens is 282 g/mol. The first-order valence-corrected chi connectivity index (χ1v) is 8.14. The summed E-state index contributed by atoms with van der Waals surface area (Å²) in [6.45, 7) is 4.98. The topological polar surface area (TPSA) is 36.4 Å². The fourth-order valence-electron chi connectivity index (χ4n) is 2.97. The maximum Gasteiger partial charge on any atom is 0.222 e. The molecule has 0 bridgehead atoms. The summed E-state index contributed by atoms with van der Waals surface area (Å²) < 4.78 is 0. The molecule has 0 N–H and O–H groups in total. The molecule has 3 heterocycles. The molecule has 6 heteroatoms. The fraction of sp³-hybridized carbons (Fsp3) is 0.692. The van der Waals surface area contributed by atoms with Crippen LogP contribution in [0.1, 0.15) is 36.5 Å². The van der Waals surface area contributed by atoms with Crippen molar-refractivity contribution in [2.45, 2.75) is 37.7 Å². The summed E-state index contributed by atoms with van der Waals surface area (Å²) >= 11 is 7.49. The van der Waals surface area contributed by atoms with Crippen LogP contribution >= 0.6 is 22.9 Å². The van der Waals surface area contributed by atoms with Gasteiger partial charge in [0, 0.05) is 37.5 Å². The van der Waals surface area contributed by atoms with Crippen molar-refractivity contribution in [1.29, 1.82) is 0 Å². The second-order valence-electron chi connectivity index (χ2n) is 5.26. The van der Waals surface area contributed by atoms with Gasteiger partial charge in [0.15, 0.2) is 0 Å². The molecule has 1 aromatic heterocycles. The lowest BCUT2D eigenvalue weighted by Gasteiger charge is -2.40. The molecule has 0 spiro atoms. The SMILES string of the molecule is CC(c1nc(CCl)cs1)N1CCN2C(=O)CCC2C1. The summed E-state index contributed by atoms with van der Waals surface area (Å²) in [7, 11) is 0. The lowest BCUT2D eigenvalue weighted by molar-refractivity contribution is -0.131. The van der Waals surface area contributed by atoms with Crippen LogP contribution in [0.25, 0.3) is 0 Å². The molecule has 2 atom stereocenters. The summed E-state index contributed by atoms with van der Waals surface area (Å²) in [6.07, 6.45) is 1.73. The number of carbonyl (C=O) groups is 1. The molecule has 19 heavy (non-hydrogen) atoms. The van der Waals surface area contributed by atoms with E-state index in [0.29, 0.717) is 23.9 Å². The monoisotopic (exact) mass is 299 g/mol. The molecule has 2 fully saturated rings. The minimum absolute atomic E-state index is 0.319. The lowest BCUT2D eigenvalue weighted by atomic mass is 10.1. The molecular formula is C13H18ClN3OS. The van der Waals surface area contributed by atoms with E-state index in [4.69, 9.17) is 11.6 Å². The molecule has 0 aromatic carbocycles. The molecule has 1 amide bonds. The molecule has 2 saturated heterocycles. The fourth-order valence-corrected chi connectivity index (χ4v) is 4.11. The number of nitrogens with zero attached hydrogens (tertiary/aromatic N) is 3. The van der Waals surface area contributed by atoms with Crippen LogP contribution in [0.4, 0.5) is 0 Å². The highest BCUT2D eigenvalue weighted by molar-refractivity contribution is 7.09. The van der Waals surface area contributed by atoms with Gasteiger partial charge in [-0.1, -0.05) is 0 Å². The van der Waals surface area contributed by atoms with Crippen LogP contribution < -0.4 is 0 Å². The first-order chi connectivity index (χ1) is 9.19. The number of hydrogen-bond acceptors (Lipinski definition) is 4. The van der Waals surface area contributed by atoms with Crippen molar-refractivity contribution < 1.29 is 4.79 Å². The van der Waals surface area contributed by atoms with Crippen molar-refractivity contribution in [2.75, 3.05) is 19.6 Å². The number of piperazine rings is 1. The van der Waals surface area contributed by atoms with E-state index >= 15 is 0 Å². The second kappa shape index (κ2) is 5.38. The molecule has 0 aliphatic carbocycles. The van der Waals surface area contributed by atoms with Crippen molar-refractivity contribution in [3.8, 4) is 0 Å². The zero-order valence-corrected chi connectivity index (χ0v) is 12.6. The first kappa shape index (κ1) is 13.3. The number of hydrogen-bond donors (Lipinski definition) is 0. The van der Waals surface area contributed by atoms with Crippen LogP contribution in [0.15, 0.2) is 5.38 Å². The van der Waals surface area contributed by atoms with Crippen molar-refractivity contribution in [3.05, 3.63) is 16.1 Å². The summed E-state index contributed by atoms with van der Waals surface area (Å²) in [5, 5.41) is 3.17. The summed E-state index contributed by atoms with van der Waals surface area (Å²) in [6, 6.07) is 0.732. The summed E-state index contributed by atoms with van der Waals surface area (Å²) in [4.78, 5) is 20.7. The van der Waals surface area contributed by atoms with Gasteiger partial charge < -0.3 is 4.90 Å². The van der Waals surface area contributed by atoms with E-state index in [1.54, 1.807) is 11.3 Å². The largest absolute Gasteiger partial charge is 0.337 e. The highest BCUT2D eigenvalue weighted by Crippen LogP contribution is 2.30. The zero-order chi connectivity index (χ0) is 13.4. The Kier molecular flexibility index (Phi) is 3.78. The van der Waals surface area contributed by atoms with Crippen LogP contribution in [0.5, 0.6) is 0 Å². The maximum absolute atomic E-state index is 11.7. The third kappa shape index (κ3) is 2.51. The van der Waals surface area contributed by atoms with E-state index < -0.39 is 0 Å². The van der Waals surface area contributed by atoms with Gasteiger partial charge in [0.2, 0.25) is 5.91 Å². The van der Waals surface area contributed by atoms with Crippen molar-refractivity contribution >= 4 is 28.8 Å². The Morgan fingerprint density at radius 3 is 3.16 bits per heavy atom. The van der Waals surface area contributed by atoms with Gasteiger partial charge >= 0.3 is 0 Å². The number of thiazole rings is 1. The summed E-state index contributed by atoms with van der Waals surface area (Å²) in [5.41, 5.74) is 0.961. The molecule has 1 aromatic rings. The third-order valence-electron chi connectivity index (χ3n) is 4.14. The van der Waals surface area contributed by atoms with E-state index in [9.17, 15) is 4.79 Å². The Labute approximate surface area is 122 Å². The smallest absolute Gasteiger partial charge is 0.222 e. The van der Waals surface area contributed by atoms with Gasteiger partial charge in [-0.2, -0.15) is 0 Å². The number of carbonyl (C=O) groups excluding carboxylic acids is 1. The van der Waals surface area contributed by atoms with Crippen LogP contribution in [0.3, 0.4) is 0 Å². The van der Waals surface area contributed by atoms with E-state index in [1.165, 1.54) is 0 Å². The number of amides is 1. The highest BCUT2D eigenvalue weighted by Gasteiger charge is 2.37. The first-order valence-electron chi connectivity index (χ1n) is 6.73. The third-order valence-corrected chi connectivity index (χ3v) is 5.48. The van der Waals surface area contributed by atoms with Gasteiger partial charge in [-0.15, -0.1) is 22.9 Å². The Bertz CT molecular complexity index is 478. The lowest BCUT2D eigenvalue weighted by Crippen LogP contribution is -2.51. The van der Waals surface area contributed by atoms with Crippen LogP contribution in [0.2, 0.25) is 0 Å². The summed E-state index contributed by atoms with van der Waals surface area (Å²) in [5.74, 6) is 0.810. The minimum atomic E-state index is 0.319. The van der Waals surface area contributed by atoms with Crippen molar-refractivity contribution in [3.63, 3.8) is 0 Å². The Balaban J connectivity index is 1.68. The van der Waals surface area contributed by atoms with Crippen LogP contribution in [-0.4, -0.2) is 46.4 Å². The number of alkyl halides is 1. The predicted octanol–water partition coefficient (Wildman–Crippen LogP) is 2.25. The molecule has 2 aliphatic heterocycles. The van der Waals surface area contributed by atoms with E-state index in [-0.39, 0.29) is 0 Å². The molecule has 0 radical (unpaired) electrons. The highest BCUT2D eigenvalue weighted by atomic mass is 35.5. The van der Waals surface area contributed by atoms with Gasteiger partial charge in [-0.05, 0) is 13.3 Å². The average Bonchev–Trinajstić information content (AvgIpc) is 3.05.